The highest BCUT2D eigenvalue weighted by atomic mass is 16.7. The third-order valence-corrected chi connectivity index (χ3v) is 3.72. The van der Waals surface area contributed by atoms with E-state index in [0.717, 1.165) is 0 Å². The summed E-state index contributed by atoms with van der Waals surface area (Å²) in [5, 5.41) is 12.5. The van der Waals surface area contributed by atoms with Gasteiger partial charge in [0.15, 0.2) is 17.6 Å². The molecule has 0 spiro atoms. The van der Waals surface area contributed by atoms with E-state index in [1.54, 1.807) is 18.2 Å². The Morgan fingerprint density at radius 2 is 1.92 bits per heavy atom. The summed E-state index contributed by atoms with van der Waals surface area (Å²) in [5.74, 6) is -0.123. The van der Waals surface area contributed by atoms with Gasteiger partial charge >= 0.3 is 5.97 Å². The topological polar surface area (TPSA) is 103 Å². The third-order valence-electron chi connectivity index (χ3n) is 3.72. The van der Waals surface area contributed by atoms with Crippen LogP contribution >= 0.6 is 0 Å². The highest BCUT2D eigenvalue weighted by molar-refractivity contribution is 5.98. The molecule has 0 unspecified atom stereocenters. The van der Waals surface area contributed by atoms with Crippen molar-refractivity contribution in [3.63, 3.8) is 0 Å². The number of esters is 1. The number of fused-ring (bicyclic) bond motifs is 1. The Kier molecular flexibility index (Phi) is 4.83. The van der Waals surface area contributed by atoms with E-state index in [2.05, 4.69) is 5.32 Å². The molecule has 8 heteroatoms. The Morgan fingerprint density at radius 1 is 1.15 bits per heavy atom. The Hall–Kier alpha value is -3.42. The number of rotatable bonds is 5. The van der Waals surface area contributed by atoms with Crippen LogP contribution in [0.1, 0.15) is 17.3 Å². The van der Waals surface area contributed by atoms with E-state index in [9.17, 15) is 14.7 Å². The molecule has 0 radical (unpaired) electrons. The number of carbonyl (C=O) groups excluding carboxylic acids is 2. The molecule has 0 saturated carbocycles. The minimum Gasteiger partial charge on any atom is -0.507 e. The van der Waals surface area contributed by atoms with Crippen LogP contribution in [0.5, 0.6) is 23.0 Å². The van der Waals surface area contributed by atoms with Gasteiger partial charge in [0.05, 0.1) is 7.11 Å². The summed E-state index contributed by atoms with van der Waals surface area (Å²) in [7, 11) is 1.44. The van der Waals surface area contributed by atoms with Crippen molar-refractivity contribution in [3.05, 3.63) is 42.0 Å². The fourth-order valence-electron chi connectivity index (χ4n) is 2.31. The van der Waals surface area contributed by atoms with Gasteiger partial charge in [-0.05, 0) is 31.2 Å². The van der Waals surface area contributed by atoms with Crippen LogP contribution in [-0.4, -0.2) is 37.0 Å². The molecule has 1 aliphatic rings. The number of phenolic OH excluding ortho intramolecular Hbond substituents is 1. The predicted molar refractivity (Wildman–Crippen MR) is 90.7 cm³/mol. The van der Waals surface area contributed by atoms with Gasteiger partial charge in [0, 0.05) is 17.8 Å². The summed E-state index contributed by atoms with van der Waals surface area (Å²) in [6, 6.07) is 9.09. The molecule has 2 aromatic carbocycles. The van der Waals surface area contributed by atoms with Crippen molar-refractivity contribution in [2.24, 2.45) is 0 Å². The molecule has 136 valence electrons. The Bertz CT molecular complexity index is 849. The van der Waals surface area contributed by atoms with E-state index >= 15 is 0 Å². The molecular weight excluding hydrogens is 342 g/mol. The van der Waals surface area contributed by atoms with Crippen LogP contribution in [0.4, 0.5) is 5.69 Å². The van der Waals surface area contributed by atoms with Crippen LogP contribution in [-0.2, 0) is 9.53 Å². The summed E-state index contributed by atoms with van der Waals surface area (Å²) < 4.78 is 20.5. The summed E-state index contributed by atoms with van der Waals surface area (Å²) in [6.45, 7) is 1.56. The van der Waals surface area contributed by atoms with Crippen LogP contribution in [0.2, 0.25) is 0 Å². The molecule has 26 heavy (non-hydrogen) atoms. The molecule has 2 aromatic rings. The molecule has 1 aliphatic heterocycles. The molecule has 1 atom stereocenters. The molecular formula is C18H17NO7. The lowest BCUT2D eigenvalue weighted by atomic mass is 10.2. The Balaban J connectivity index is 1.62. The van der Waals surface area contributed by atoms with Crippen LogP contribution < -0.4 is 19.5 Å². The van der Waals surface area contributed by atoms with Crippen molar-refractivity contribution >= 4 is 17.6 Å². The number of anilines is 1. The number of amides is 1. The SMILES string of the molecule is COc1ccc(C(=O)O[C@H](C)C(=O)Nc2ccc3c(c2)OCO3)c(O)c1. The maximum atomic E-state index is 12.2. The zero-order chi connectivity index (χ0) is 18.7. The molecule has 3 rings (SSSR count). The quantitative estimate of drug-likeness (QED) is 0.790. The summed E-state index contributed by atoms with van der Waals surface area (Å²) in [6.07, 6.45) is -1.07. The van der Waals surface area contributed by atoms with Crippen molar-refractivity contribution in [1.82, 2.24) is 0 Å². The van der Waals surface area contributed by atoms with Gasteiger partial charge in [-0.25, -0.2) is 4.79 Å². The van der Waals surface area contributed by atoms with Crippen molar-refractivity contribution in [2.45, 2.75) is 13.0 Å². The standard InChI is InChI=1S/C18H17NO7/c1-10(26-18(22)13-5-4-12(23-2)8-14(13)20)17(21)19-11-3-6-15-16(7-11)25-9-24-15/h3-8,10,20H,9H2,1-2H3,(H,19,21)/t10-/m1/s1. The number of ether oxygens (including phenoxy) is 4. The van der Waals surface area contributed by atoms with Crippen molar-refractivity contribution < 1.29 is 33.6 Å². The van der Waals surface area contributed by atoms with Crippen molar-refractivity contribution in [2.75, 3.05) is 19.2 Å². The minimum atomic E-state index is -1.07. The van der Waals surface area contributed by atoms with Crippen molar-refractivity contribution in [1.29, 1.82) is 0 Å². The molecule has 1 heterocycles. The first kappa shape index (κ1) is 17.4. The maximum absolute atomic E-state index is 12.2. The number of hydrogen-bond acceptors (Lipinski definition) is 7. The number of methoxy groups -OCH3 is 1. The van der Waals surface area contributed by atoms with Gasteiger partial charge in [-0.2, -0.15) is 0 Å². The highest BCUT2D eigenvalue weighted by Crippen LogP contribution is 2.34. The molecule has 8 nitrogen and oxygen atoms in total. The van der Waals surface area contributed by atoms with Gasteiger partial charge in [-0.1, -0.05) is 0 Å². The van der Waals surface area contributed by atoms with Crippen LogP contribution in [0.25, 0.3) is 0 Å². The molecule has 2 N–H and O–H groups in total. The second-order valence-electron chi connectivity index (χ2n) is 5.49. The molecule has 0 saturated heterocycles. The smallest absolute Gasteiger partial charge is 0.342 e. The fourth-order valence-corrected chi connectivity index (χ4v) is 2.31. The maximum Gasteiger partial charge on any atom is 0.342 e. The number of carbonyl (C=O) groups is 2. The minimum absolute atomic E-state index is 0.0615. The monoisotopic (exact) mass is 359 g/mol. The second-order valence-corrected chi connectivity index (χ2v) is 5.49. The van der Waals surface area contributed by atoms with Crippen LogP contribution in [0, 0.1) is 0 Å². The van der Waals surface area contributed by atoms with Gasteiger partial charge in [0.25, 0.3) is 5.91 Å². The first-order valence-corrected chi connectivity index (χ1v) is 7.76. The predicted octanol–water partition coefficient (Wildman–Crippen LogP) is 2.31. The molecule has 0 aromatic heterocycles. The molecule has 0 aliphatic carbocycles. The van der Waals surface area contributed by atoms with Crippen LogP contribution in [0.3, 0.4) is 0 Å². The summed E-state index contributed by atoms with van der Waals surface area (Å²) in [5.41, 5.74) is 0.419. The first-order valence-electron chi connectivity index (χ1n) is 7.76. The summed E-state index contributed by atoms with van der Waals surface area (Å²) >= 11 is 0. The number of hydrogen-bond donors (Lipinski definition) is 2. The fraction of sp³-hybridized carbons (Fsp3) is 0.222. The van der Waals surface area contributed by atoms with Gasteiger partial charge in [0.2, 0.25) is 6.79 Å². The first-order chi connectivity index (χ1) is 12.5. The Labute approximate surface area is 149 Å². The van der Waals surface area contributed by atoms with E-state index in [-0.39, 0.29) is 18.1 Å². The van der Waals surface area contributed by atoms with E-state index in [1.807, 2.05) is 0 Å². The number of nitrogens with one attached hydrogen (secondary N) is 1. The van der Waals surface area contributed by atoms with Gasteiger partial charge in [0.1, 0.15) is 17.1 Å². The highest BCUT2D eigenvalue weighted by Gasteiger charge is 2.22. The summed E-state index contributed by atoms with van der Waals surface area (Å²) in [4.78, 5) is 24.4. The third kappa shape index (κ3) is 3.64. The molecule has 1 amide bonds. The van der Waals surface area contributed by atoms with Gasteiger partial charge < -0.3 is 29.4 Å². The zero-order valence-corrected chi connectivity index (χ0v) is 14.1. The number of phenols is 1. The second kappa shape index (κ2) is 7.22. The lowest BCUT2D eigenvalue weighted by Gasteiger charge is -2.14. The van der Waals surface area contributed by atoms with Gasteiger partial charge in [-0.15, -0.1) is 0 Å². The zero-order valence-electron chi connectivity index (χ0n) is 14.1. The lowest BCUT2D eigenvalue weighted by molar-refractivity contribution is -0.123. The lowest BCUT2D eigenvalue weighted by Crippen LogP contribution is -2.30. The number of aromatic hydroxyl groups is 1. The van der Waals surface area contributed by atoms with E-state index in [4.69, 9.17) is 18.9 Å². The number of benzene rings is 2. The average molecular weight is 359 g/mol. The normalized spacial score (nSPS) is 13.0. The largest absolute Gasteiger partial charge is 0.507 e. The van der Waals surface area contributed by atoms with E-state index in [1.165, 1.54) is 32.2 Å². The van der Waals surface area contributed by atoms with Crippen molar-refractivity contribution in [3.8, 4) is 23.0 Å². The molecule has 0 fully saturated rings. The average Bonchev–Trinajstić information content (AvgIpc) is 3.09. The van der Waals surface area contributed by atoms with E-state index < -0.39 is 18.0 Å². The molecule has 0 bridgehead atoms. The Morgan fingerprint density at radius 3 is 2.65 bits per heavy atom. The van der Waals surface area contributed by atoms with Gasteiger partial charge in [-0.3, -0.25) is 4.79 Å². The van der Waals surface area contributed by atoms with Crippen LogP contribution in [0.15, 0.2) is 36.4 Å². The van der Waals surface area contributed by atoms with E-state index in [0.29, 0.717) is 22.9 Å².